The Hall–Kier alpha value is -1.41. The molecule has 21 heavy (non-hydrogen) atoms. The van der Waals surface area contributed by atoms with Crippen molar-refractivity contribution < 1.29 is 8.42 Å². The van der Waals surface area contributed by atoms with Gasteiger partial charge in [-0.2, -0.15) is 0 Å². The first-order chi connectivity index (χ1) is 9.85. The Balaban J connectivity index is 2.32. The standard InChI is InChI=1S/C13H17ClN4O2S/c1-9-10(7-15)5-11(14)6-12(9)21(19,20)17-8-13-16-3-4-18(13)2/h3-6,17H,7-8,15H2,1-2H3. The Kier molecular flexibility index (Phi) is 4.67. The zero-order valence-electron chi connectivity index (χ0n) is 11.8. The Morgan fingerprint density at radius 3 is 2.71 bits per heavy atom. The predicted octanol–water partition coefficient (Wildman–Crippen LogP) is 1.32. The quantitative estimate of drug-likeness (QED) is 0.866. The molecule has 0 atom stereocenters. The van der Waals surface area contributed by atoms with Crippen molar-refractivity contribution in [3.63, 3.8) is 0 Å². The van der Waals surface area contributed by atoms with Crippen LogP contribution in [0.5, 0.6) is 0 Å². The molecule has 0 aliphatic rings. The molecule has 2 rings (SSSR count). The van der Waals surface area contributed by atoms with Crippen molar-refractivity contribution in [2.24, 2.45) is 12.8 Å². The van der Waals surface area contributed by atoms with Crippen LogP contribution >= 0.6 is 11.6 Å². The zero-order valence-corrected chi connectivity index (χ0v) is 13.4. The van der Waals surface area contributed by atoms with Crippen LogP contribution in [-0.4, -0.2) is 18.0 Å². The number of hydrogen-bond acceptors (Lipinski definition) is 4. The van der Waals surface area contributed by atoms with Gasteiger partial charge in [0.1, 0.15) is 5.82 Å². The van der Waals surface area contributed by atoms with Crippen LogP contribution in [0, 0.1) is 6.92 Å². The van der Waals surface area contributed by atoms with Crippen LogP contribution in [0.2, 0.25) is 5.02 Å². The summed E-state index contributed by atoms with van der Waals surface area (Å²) in [4.78, 5) is 4.22. The van der Waals surface area contributed by atoms with E-state index in [9.17, 15) is 8.42 Å². The summed E-state index contributed by atoms with van der Waals surface area (Å²) in [7, 11) is -1.88. The molecule has 0 fully saturated rings. The number of nitrogens with two attached hydrogens (primary N) is 1. The SMILES string of the molecule is Cc1c(CN)cc(Cl)cc1S(=O)(=O)NCc1nccn1C. The molecule has 0 bridgehead atoms. The van der Waals surface area contributed by atoms with Gasteiger partial charge in [0.05, 0.1) is 11.4 Å². The summed E-state index contributed by atoms with van der Waals surface area (Å²) in [6, 6.07) is 3.10. The first kappa shape index (κ1) is 16.0. The highest BCUT2D eigenvalue weighted by Crippen LogP contribution is 2.24. The van der Waals surface area contributed by atoms with Gasteiger partial charge in [0, 0.05) is 31.0 Å². The summed E-state index contributed by atoms with van der Waals surface area (Å²) in [5, 5.41) is 0.346. The first-order valence-corrected chi connectivity index (χ1v) is 8.16. The lowest BCUT2D eigenvalue weighted by molar-refractivity contribution is 0.576. The molecule has 0 unspecified atom stereocenters. The van der Waals surface area contributed by atoms with E-state index in [0.717, 1.165) is 0 Å². The number of imidazole rings is 1. The van der Waals surface area contributed by atoms with Crippen molar-refractivity contribution in [3.8, 4) is 0 Å². The Morgan fingerprint density at radius 2 is 2.14 bits per heavy atom. The van der Waals surface area contributed by atoms with E-state index in [-0.39, 0.29) is 18.0 Å². The summed E-state index contributed by atoms with van der Waals surface area (Å²) in [6.07, 6.45) is 3.36. The Morgan fingerprint density at radius 1 is 1.43 bits per heavy atom. The van der Waals surface area contributed by atoms with E-state index in [1.54, 1.807) is 37.0 Å². The fraction of sp³-hybridized carbons (Fsp3) is 0.308. The van der Waals surface area contributed by atoms with Gasteiger partial charge >= 0.3 is 0 Å². The van der Waals surface area contributed by atoms with Crippen molar-refractivity contribution in [2.45, 2.75) is 24.9 Å². The lowest BCUT2D eigenvalue weighted by atomic mass is 10.1. The Bertz CT molecular complexity index is 756. The number of aryl methyl sites for hydroxylation is 1. The summed E-state index contributed by atoms with van der Waals surface area (Å²) in [5.74, 6) is 0.623. The topological polar surface area (TPSA) is 90.0 Å². The van der Waals surface area contributed by atoms with E-state index in [1.807, 2.05) is 0 Å². The molecule has 1 aromatic carbocycles. The number of sulfonamides is 1. The van der Waals surface area contributed by atoms with Gasteiger partial charge in [-0.15, -0.1) is 0 Å². The molecular formula is C13H17ClN4O2S. The Labute approximate surface area is 129 Å². The van der Waals surface area contributed by atoms with Gasteiger partial charge in [-0.3, -0.25) is 0 Å². The summed E-state index contributed by atoms with van der Waals surface area (Å²) in [5.41, 5.74) is 6.93. The van der Waals surface area contributed by atoms with Crippen molar-refractivity contribution in [1.82, 2.24) is 14.3 Å². The number of benzene rings is 1. The van der Waals surface area contributed by atoms with Crippen molar-refractivity contribution in [2.75, 3.05) is 0 Å². The number of nitrogens with one attached hydrogen (secondary N) is 1. The van der Waals surface area contributed by atoms with Crippen LogP contribution in [0.1, 0.15) is 17.0 Å². The molecule has 0 saturated heterocycles. The molecule has 8 heteroatoms. The fourth-order valence-corrected chi connectivity index (χ4v) is 3.60. The van der Waals surface area contributed by atoms with Gasteiger partial charge in [-0.1, -0.05) is 11.6 Å². The average molecular weight is 329 g/mol. The van der Waals surface area contributed by atoms with Crippen molar-refractivity contribution in [1.29, 1.82) is 0 Å². The maximum Gasteiger partial charge on any atom is 0.241 e. The van der Waals surface area contributed by atoms with E-state index in [1.165, 1.54) is 6.07 Å². The third-order valence-corrected chi connectivity index (χ3v) is 5.03. The normalized spacial score (nSPS) is 11.8. The van der Waals surface area contributed by atoms with Crippen LogP contribution in [-0.2, 0) is 30.2 Å². The number of nitrogens with zero attached hydrogens (tertiary/aromatic N) is 2. The molecule has 0 saturated carbocycles. The smallest absolute Gasteiger partial charge is 0.241 e. The van der Waals surface area contributed by atoms with Crippen LogP contribution < -0.4 is 10.5 Å². The van der Waals surface area contributed by atoms with Gasteiger partial charge in [0.15, 0.2) is 0 Å². The number of rotatable bonds is 5. The number of aromatic nitrogens is 2. The molecule has 0 amide bonds. The number of halogens is 1. The molecule has 0 spiro atoms. The third-order valence-electron chi connectivity index (χ3n) is 3.28. The van der Waals surface area contributed by atoms with Gasteiger partial charge in [-0.25, -0.2) is 18.1 Å². The molecular weight excluding hydrogens is 312 g/mol. The molecule has 0 aliphatic carbocycles. The second-order valence-electron chi connectivity index (χ2n) is 4.67. The third kappa shape index (κ3) is 3.44. The molecule has 1 heterocycles. The molecule has 0 aliphatic heterocycles. The molecule has 114 valence electrons. The average Bonchev–Trinajstić information content (AvgIpc) is 2.84. The predicted molar refractivity (Wildman–Crippen MR) is 81.3 cm³/mol. The summed E-state index contributed by atoms with van der Waals surface area (Å²) >= 11 is 5.97. The molecule has 2 aromatic rings. The van der Waals surface area contributed by atoms with Crippen molar-refractivity contribution in [3.05, 3.63) is 46.5 Å². The minimum Gasteiger partial charge on any atom is -0.337 e. The first-order valence-electron chi connectivity index (χ1n) is 6.30. The highest BCUT2D eigenvalue weighted by atomic mass is 35.5. The van der Waals surface area contributed by atoms with Crippen LogP contribution in [0.4, 0.5) is 0 Å². The lowest BCUT2D eigenvalue weighted by Gasteiger charge is -2.13. The van der Waals surface area contributed by atoms with Crippen LogP contribution in [0.25, 0.3) is 0 Å². The van der Waals surface area contributed by atoms with Crippen LogP contribution in [0.15, 0.2) is 29.4 Å². The van der Waals surface area contributed by atoms with Crippen LogP contribution in [0.3, 0.4) is 0 Å². The summed E-state index contributed by atoms with van der Waals surface area (Å²) < 4.78 is 29.1. The number of hydrogen-bond donors (Lipinski definition) is 2. The van der Waals surface area contributed by atoms with E-state index >= 15 is 0 Å². The zero-order chi connectivity index (χ0) is 15.6. The minimum absolute atomic E-state index is 0.107. The molecule has 3 N–H and O–H groups in total. The maximum atomic E-state index is 12.4. The fourth-order valence-electron chi connectivity index (χ4n) is 2.00. The molecule has 0 radical (unpaired) electrons. The van der Waals surface area contributed by atoms with E-state index in [4.69, 9.17) is 17.3 Å². The van der Waals surface area contributed by atoms with Gasteiger partial charge in [-0.05, 0) is 30.2 Å². The van der Waals surface area contributed by atoms with Crippen molar-refractivity contribution >= 4 is 21.6 Å². The summed E-state index contributed by atoms with van der Waals surface area (Å²) in [6.45, 7) is 2.05. The molecule has 6 nitrogen and oxygen atoms in total. The van der Waals surface area contributed by atoms with E-state index in [2.05, 4.69) is 9.71 Å². The van der Waals surface area contributed by atoms with Gasteiger partial charge in [0.2, 0.25) is 10.0 Å². The highest BCUT2D eigenvalue weighted by Gasteiger charge is 2.19. The molecule has 1 aromatic heterocycles. The monoisotopic (exact) mass is 328 g/mol. The van der Waals surface area contributed by atoms with Gasteiger partial charge in [0.25, 0.3) is 0 Å². The van der Waals surface area contributed by atoms with E-state index < -0.39 is 10.0 Å². The highest BCUT2D eigenvalue weighted by molar-refractivity contribution is 7.89. The lowest BCUT2D eigenvalue weighted by Crippen LogP contribution is -2.26. The van der Waals surface area contributed by atoms with Gasteiger partial charge < -0.3 is 10.3 Å². The maximum absolute atomic E-state index is 12.4. The minimum atomic E-state index is -3.68. The largest absolute Gasteiger partial charge is 0.337 e. The second-order valence-corrected chi connectivity index (χ2v) is 6.84. The second kappa shape index (κ2) is 6.15. The van der Waals surface area contributed by atoms with E-state index in [0.29, 0.717) is 22.0 Å².